The van der Waals surface area contributed by atoms with Gasteiger partial charge in [-0.05, 0) is 36.3 Å². The summed E-state index contributed by atoms with van der Waals surface area (Å²) in [6, 6.07) is 2.69. The topological polar surface area (TPSA) is 78.9 Å². The van der Waals surface area contributed by atoms with Gasteiger partial charge in [0.25, 0.3) is 0 Å². The first-order valence-corrected chi connectivity index (χ1v) is 6.28. The number of anilines is 1. The minimum atomic E-state index is -0.715. The molecule has 100 valence electrons. The van der Waals surface area contributed by atoms with Crippen molar-refractivity contribution in [3.05, 3.63) is 28.6 Å². The third-order valence-electron chi connectivity index (χ3n) is 3.29. The molecule has 1 aliphatic rings. The number of carbonyl (C=O) groups is 1. The van der Waals surface area contributed by atoms with E-state index in [2.05, 4.69) is 5.32 Å². The standard InChI is InChI=1S/C14H16FN3O/c1-7(2)11-12(15)9(6-16)5-10(8-3-4-8)13(11)18-14(17)19/h5,7-8H,3-4H2,1-2H3,(H3,17,18,19). The average molecular weight is 261 g/mol. The van der Waals surface area contributed by atoms with Crippen LogP contribution in [0.2, 0.25) is 0 Å². The van der Waals surface area contributed by atoms with Gasteiger partial charge >= 0.3 is 6.03 Å². The number of nitrogens with one attached hydrogen (secondary N) is 1. The molecular weight excluding hydrogens is 245 g/mol. The van der Waals surface area contributed by atoms with Crippen LogP contribution in [-0.2, 0) is 0 Å². The summed E-state index contributed by atoms with van der Waals surface area (Å²) >= 11 is 0. The predicted octanol–water partition coefficient (Wildman–Crippen LogP) is 3.19. The largest absolute Gasteiger partial charge is 0.351 e. The molecule has 2 rings (SSSR count). The van der Waals surface area contributed by atoms with E-state index in [1.54, 1.807) is 0 Å². The molecule has 1 aromatic rings. The number of halogens is 1. The SMILES string of the molecule is CC(C)c1c(F)c(C#N)cc(C2CC2)c1NC(N)=O. The van der Waals surface area contributed by atoms with Gasteiger partial charge in [0.1, 0.15) is 11.9 Å². The van der Waals surface area contributed by atoms with Crippen molar-refractivity contribution >= 4 is 11.7 Å². The van der Waals surface area contributed by atoms with Crippen molar-refractivity contribution in [1.82, 2.24) is 0 Å². The normalized spacial score (nSPS) is 14.3. The molecule has 0 bridgehead atoms. The van der Waals surface area contributed by atoms with Crippen molar-refractivity contribution in [3.8, 4) is 6.07 Å². The van der Waals surface area contributed by atoms with Crippen molar-refractivity contribution in [2.45, 2.75) is 38.5 Å². The van der Waals surface area contributed by atoms with Crippen LogP contribution in [0.15, 0.2) is 6.07 Å². The molecule has 1 aliphatic carbocycles. The summed E-state index contributed by atoms with van der Waals surface area (Å²) in [5, 5.41) is 11.5. The van der Waals surface area contributed by atoms with Crippen LogP contribution in [0, 0.1) is 17.1 Å². The van der Waals surface area contributed by atoms with Gasteiger partial charge in [-0.2, -0.15) is 5.26 Å². The molecule has 1 fully saturated rings. The van der Waals surface area contributed by atoms with E-state index in [-0.39, 0.29) is 17.4 Å². The van der Waals surface area contributed by atoms with Gasteiger partial charge in [0, 0.05) is 5.56 Å². The van der Waals surface area contributed by atoms with Crippen LogP contribution in [0.5, 0.6) is 0 Å². The summed E-state index contributed by atoms with van der Waals surface area (Å²) in [4.78, 5) is 11.1. The Morgan fingerprint density at radius 3 is 2.63 bits per heavy atom. The lowest BCUT2D eigenvalue weighted by Gasteiger charge is -2.19. The molecule has 0 aromatic heterocycles. The number of nitrogens with zero attached hydrogens (tertiary/aromatic N) is 1. The van der Waals surface area contributed by atoms with E-state index in [0.717, 1.165) is 18.4 Å². The van der Waals surface area contributed by atoms with E-state index in [0.29, 0.717) is 11.3 Å². The van der Waals surface area contributed by atoms with E-state index in [9.17, 15) is 9.18 Å². The van der Waals surface area contributed by atoms with Crippen LogP contribution in [0.1, 0.15) is 55.2 Å². The van der Waals surface area contributed by atoms with Gasteiger partial charge in [-0.15, -0.1) is 0 Å². The second-order valence-electron chi connectivity index (χ2n) is 5.15. The average Bonchev–Trinajstić information content (AvgIpc) is 3.12. The number of rotatable bonds is 3. The molecule has 0 unspecified atom stereocenters. The van der Waals surface area contributed by atoms with Gasteiger partial charge in [-0.25, -0.2) is 9.18 Å². The smallest absolute Gasteiger partial charge is 0.316 e. The highest BCUT2D eigenvalue weighted by atomic mass is 19.1. The molecule has 1 aromatic carbocycles. The van der Waals surface area contributed by atoms with Crippen LogP contribution in [0.3, 0.4) is 0 Å². The van der Waals surface area contributed by atoms with Gasteiger partial charge < -0.3 is 11.1 Å². The molecule has 5 heteroatoms. The van der Waals surface area contributed by atoms with E-state index in [4.69, 9.17) is 11.0 Å². The number of hydrogen-bond acceptors (Lipinski definition) is 2. The van der Waals surface area contributed by atoms with Gasteiger partial charge in [-0.1, -0.05) is 13.8 Å². The number of nitriles is 1. The first-order chi connectivity index (χ1) is 8.95. The highest BCUT2D eigenvalue weighted by molar-refractivity contribution is 5.90. The van der Waals surface area contributed by atoms with E-state index < -0.39 is 11.8 Å². The lowest BCUT2D eigenvalue weighted by molar-refractivity contribution is 0.259. The Bertz CT molecular complexity index is 571. The summed E-state index contributed by atoms with van der Waals surface area (Å²) in [5.41, 5.74) is 6.82. The Labute approximate surface area is 111 Å². The lowest BCUT2D eigenvalue weighted by atomic mass is 9.92. The molecule has 4 nitrogen and oxygen atoms in total. The zero-order chi connectivity index (χ0) is 14.2. The second kappa shape index (κ2) is 4.88. The van der Waals surface area contributed by atoms with Crippen molar-refractivity contribution in [1.29, 1.82) is 5.26 Å². The Balaban J connectivity index is 2.68. The summed E-state index contributed by atoms with van der Waals surface area (Å²) in [6.45, 7) is 3.64. The third-order valence-corrected chi connectivity index (χ3v) is 3.29. The lowest BCUT2D eigenvalue weighted by Crippen LogP contribution is -2.22. The molecule has 0 aliphatic heterocycles. The minimum Gasteiger partial charge on any atom is -0.351 e. The van der Waals surface area contributed by atoms with Crippen molar-refractivity contribution in [2.75, 3.05) is 5.32 Å². The quantitative estimate of drug-likeness (QED) is 0.876. The number of carbonyl (C=O) groups excluding carboxylic acids is 1. The zero-order valence-corrected chi connectivity index (χ0v) is 11.0. The molecule has 3 N–H and O–H groups in total. The molecule has 2 amide bonds. The Hall–Kier alpha value is -2.09. The maximum absolute atomic E-state index is 14.3. The summed E-state index contributed by atoms with van der Waals surface area (Å²) in [7, 11) is 0. The fourth-order valence-electron chi connectivity index (χ4n) is 2.30. The van der Waals surface area contributed by atoms with Crippen LogP contribution in [0.25, 0.3) is 0 Å². The zero-order valence-electron chi connectivity index (χ0n) is 11.0. The molecule has 0 heterocycles. The number of hydrogen-bond donors (Lipinski definition) is 2. The van der Waals surface area contributed by atoms with E-state index in [1.807, 2.05) is 19.9 Å². The van der Waals surface area contributed by atoms with Crippen molar-refractivity contribution < 1.29 is 9.18 Å². The number of benzene rings is 1. The summed E-state index contributed by atoms with van der Waals surface area (Å²) in [6.07, 6.45) is 1.98. The number of urea groups is 1. The van der Waals surface area contributed by atoms with Crippen LogP contribution < -0.4 is 11.1 Å². The third kappa shape index (κ3) is 2.53. The molecule has 0 atom stereocenters. The molecule has 0 spiro atoms. The highest BCUT2D eigenvalue weighted by Crippen LogP contribution is 2.46. The molecule has 19 heavy (non-hydrogen) atoms. The minimum absolute atomic E-state index is 0.0284. The monoisotopic (exact) mass is 261 g/mol. The summed E-state index contributed by atoms with van der Waals surface area (Å²) in [5.74, 6) is -0.426. The van der Waals surface area contributed by atoms with Crippen LogP contribution in [-0.4, -0.2) is 6.03 Å². The van der Waals surface area contributed by atoms with Gasteiger partial charge in [0.2, 0.25) is 0 Å². The van der Waals surface area contributed by atoms with Gasteiger partial charge in [-0.3, -0.25) is 0 Å². The maximum Gasteiger partial charge on any atom is 0.316 e. The molecular formula is C14H16FN3O. The van der Waals surface area contributed by atoms with Crippen LogP contribution >= 0.6 is 0 Å². The fourth-order valence-corrected chi connectivity index (χ4v) is 2.30. The van der Waals surface area contributed by atoms with Crippen molar-refractivity contribution in [3.63, 3.8) is 0 Å². The molecule has 1 saturated carbocycles. The van der Waals surface area contributed by atoms with Gasteiger partial charge in [0.15, 0.2) is 0 Å². The Morgan fingerprint density at radius 2 is 2.21 bits per heavy atom. The first kappa shape index (κ1) is 13.3. The van der Waals surface area contributed by atoms with Crippen LogP contribution in [0.4, 0.5) is 14.9 Å². The molecule has 0 saturated heterocycles. The highest BCUT2D eigenvalue weighted by Gasteiger charge is 2.31. The first-order valence-electron chi connectivity index (χ1n) is 6.28. The second-order valence-corrected chi connectivity index (χ2v) is 5.15. The molecule has 0 radical (unpaired) electrons. The number of amides is 2. The maximum atomic E-state index is 14.3. The summed E-state index contributed by atoms with van der Waals surface area (Å²) < 4.78 is 14.3. The number of nitrogens with two attached hydrogens (primary N) is 1. The fraction of sp³-hybridized carbons (Fsp3) is 0.429. The predicted molar refractivity (Wildman–Crippen MR) is 70.4 cm³/mol. The van der Waals surface area contributed by atoms with E-state index in [1.165, 1.54) is 6.07 Å². The van der Waals surface area contributed by atoms with Gasteiger partial charge in [0.05, 0.1) is 11.3 Å². The Morgan fingerprint density at radius 1 is 1.58 bits per heavy atom. The van der Waals surface area contributed by atoms with Crippen molar-refractivity contribution in [2.24, 2.45) is 5.73 Å². The Kier molecular flexibility index (Phi) is 3.43. The number of primary amides is 1. The van der Waals surface area contributed by atoms with E-state index >= 15 is 0 Å².